The van der Waals surface area contributed by atoms with Gasteiger partial charge in [0, 0.05) is 0 Å². The molecule has 0 heterocycles. The highest BCUT2D eigenvalue weighted by atomic mass is 14.5. The standard InChI is InChI=1S/C29H51B/c1-10-11-12-13-28(29-16-14-25(20-29)15-17-29)30(26(23(6)7)18-21(2)3)27(24(8)9)19-22(4)5/h14,16,18-19,23-28H,10-13,15,17,20H2,1-9H3. The molecule has 1 heteroatoms. The van der Waals surface area contributed by atoms with Gasteiger partial charge >= 0.3 is 0 Å². The van der Waals surface area contributed by atoms with Gasteiger partial charge in [0.25, 0.3) is 0 Å². The van der Waals surface area contributed by atoms with Crippen LogP contribution in [0.4, 0.5) is 0 Å². The van der Waals surface area contributed by atoms with Crippen molar-refractivity contribution >= 4 is 6.71 Å². The lowest BCUT2D eigenvalue weighted by atomic mass is 9.21. The van der Waals surface area contributed by atoms with Gasteiger partial charge in [0.05, 0.1) is 0 Å². The van der Waals surface area contributed by atoms with Gasteiger partial charge in [-0.05, 0) is 81.8 Å². The molecule has 170 valence electrons. The van der Waals surface area contributed by atoms with Crippen LogP contribution in [0, 0.1) is 23.2 Å². The third kappa shape index (κ3) is 6.17. The summed E-state index contributed by atoms with van der Waals surface area (Å²) in [5, 5.41) is 0. The van der Waals surface area contributed by atoms with Gasteiger partial charge in [0.2, 0.25) is 0 Å². The molecule has 1 saturated carbocycles. The average Bonchev–Trinajstić information content (AvgIpc) is 3.26. The summed E-state index contributed by atoms with van der Waals surface area (Å²) in [5.74, 6) is 4.35. The molecule has 0 aromatic rings. The molecule has 5 unspecified atom stereocenters. The average molecular weight is 411 g/mol. The molecule has 0 saturated heterocycles. The maximum absolute atomic E-state index is 2.70. The Bertz CT molecular complexity index is 584. The molecule has 0 nitrogen and oxygen atoms in total. The highest BCUT2D eigenvalue weighted by Crippen LogP contribution is 2.61. The van der Waals surface area contributed by atoms with Crippen LogP contribution in [0.25, 0.3) is 0 Å². The van der Waals surface area contributed by atoms with Crippen molar-refractivity contribution in [1.29, 1.82) is 0 Å². The minimum atomic E-state index is 0.467. The Labute approximate surface area is 190 Å². The Morgan fingerprint density at radius 3 is 1.87 bits per heavy atom. The summed E-state index contributed by atoms with van der Waals surface area (Å²) in [5.41, 5.74) is 3.46. The zero-order valence-electron chi connectivity index (χ0n) is 21.8. The number of fused-ring (bicyclic) bond motifs is 2. The molecule has 0 amide bonds. The van der Waals surface area contributed by atoms with Crippen LogP contribution in [0.5, 0.6) is 0 Å². The molecule has 2 rings (SSSR count). The molecule has 30 heavy (non-hydrogen) atoms. The summed E-state index contributed by atoms with van der Waals surface area (Å²) in [4.78, 5) is 0. The van der Waals surface area contributed by atoms with Crippen LogP contribution in [0.3, 0.4) is 0 Å². The lowest BCUT2D eigenvalue weighted by molar-refractivity contribution is 0.337. The van der Waals surface area contributed by atoms with Crippen molar-refractivity contribution in [3.63, 3.8) is 0 Å². The number of hydrogen-bond donors (Lipinski definition) is 0. The highest BCUT2D eigenvalue weighted by molar-refractivity contribution is 6.65. The van der Waals surface area contributed by atoms with Crippen LogP contribution in [0.1, 0.15) is 107 Å². The molecule has 0 spiro atoms. The normalized spacial score (nSPS) is 25.5. The van der Waals surface area contributed by atoms with Gasteiger partial charge in [-0.3, -0.25) is 0 Å². The molecular formula is C29H51B. The van der Waals surface area contributed by atoms with Gasteiger partial charge in [-0.2, -0.15) is 0 Å². The monoisotopic (exact) mass is 410 g/mol. The van der Waals surface area contributed by atoms with Crippen LogP contribution in [-0.4, -0.2) is 6.71 Å². The van der Waals surface area contributed by atoms with E-state index in [1.807, 2.05) is 0 Å². The third-order valence-electron chi connectivity index (χ3n) is 8.12. The first-order valence-corrected chi connectivity index (χ1v) is 13.1. The molecule has 2 aliphatic carbocycles. The minimum Gasteiger partial charge on any atom is -0.0897 e. The summed E-state index contributed by atoms with van der Waals surface area (Å²) < 4.78 is 0. The lowest BCUT2D eigenvalue weighted by Gasteiger charge is -2.46. The van der Waals surface area contributed by atoms with Gasteiger partial charge in [-0.25, -0.2) is 0 Å². The van der Waals surface area contributed by atoms with E-state index >= 15 is 0 Å². The van der Waals surface area contributed by atoms with Crippen LogP contribution < -0.4 is 0 Å². The minimum absolute atomic E-state index is 0.467. The second-order valence-electron chi connectivity index (χ2n) is 11.9. The first kappa shape index (κ1) is 25.5. The van der Waals surface area contributed by atoms with Crippen LogP contribution >= 0.6 is 0 Å². The molecule has 1 fully saturated rings. The molecule has 0 radical (unpaired) electrons. The fraction of sp³-hybridized carbons (Fsp3) is 0.793. The van der Waals surface area contributed by atoms with Crippen molar-refractivity contribution in [2.45, 2.75) is 125 Å². The first-order valence-electron chi connectivity index (χ1n) is 13.1. The Morgan fingerprint density at radius 2 is 1.53 bits per heavy atom. The maximum Gasteiger partial charge on any atom is 0.159 e. The second-order valence-corrected chi connectivity index (χ2v) is 11.9. The van der Waals surface area contributed by atoms with E-state index < -0.39 is 0 Å². The van der Waals surface area contributed by atoms with Crippen molar-refractivity contribution in [3.05, 3.63) is 35.5 Å². The number of rotatable bonds is 12. The fourth-order valence-corrected chi connectivity index (χ4v) is 6.79. The van der Waals surface area contributed by atoms with E-state index in [-0.39, 0.29) is 0 Å². The molecule has 2 bridgehead atoms. The number of allylic oxidation sites excluding steroid dienone is 6. The predicted molar refractivity (Wildman–Crippen MR) is 139 cm³/mol. The van der Waals surface area contributed by atoms with Crippen molar-refractivity contribution in [2.24, 2.45) is 23.2 Å². The molecule has 5 atom stereocenters. The van der Waals surface area contributed by atoms with Crippen molar-refractivity contribution in [3.8, 4) is 0 Å². The summed E-state index contributed by atoms with van der Waals surface area (Å²) >= 11 is 0. The lowest BCUT2D eigenvalue weighted by Crippen LogP contribution is -2.42. The van der Waals surface area contributed by atoms with E-state index in [2.05, 4.69) is 86.6 Å². The summed E-state index contributed by atoms with van der Waals surface area (Å²) in [6, 6.07) is 0. The van der Waals surface area contributed by atoms with Gasteiger partial charge < -0.3 is 0 Å². The van der Waals surface area contributed by atoms with Crippen LogP contribution in [0.2, 0.25) is 17.5 Å². The zero-order chi connectivity index (χ0) is 22.5. The van der Waals surface area contributed by atoms with Crippen molar-refractivity contribution < 1.29 is 0 Å². The maximum atomic E-state index is 2.70. The van der Waals surface area contributed by atoms with E-state index in [0.29, 0.717) is 28.9 Å². The predicted octanol–water partition coefficient (Wildman–Crippen LogP) is 9.77. The number of hydrogen-bond acceptors (Lipinski definition) is 0. The summed E-state index contributed by atoms with van der Waals surface area (Å²) in [6.45, 7) is 22.2. The van der Waals surface area contributed by atoms with Crippen molar-refractivity contribution in [2.75, 3.05) is 0 Å². The van der Waals surface area contributed by atoms with Gasteiger partial charge in [-0.1, -0.05) is 102 Å². The molecule has 0 aliphatic heterocycles. The van der Waals surface area contributed by atoms with Gasteiger partial charge in [0.1, 0.15) is 0 Å². The summed E-state index contributed by atoms with van der Waals surface area (Å²) in [6.07, 6.45) is 20.4. The molecule has 0 aromatic carbocycles. The molecular weight excluding hydrogens is 359 g/mol. The summed E-state index contributed by atoms with van der Waals surface area (Å²) in [7, 11) is 0. The van der Waals surface area contributed by atoms with Crippen LogP contribution in [0.15, 0.2) is 35.5 Å². The molecule has 2 aliphatic rings. The Kier molecular flexibility index (Phi) is 9.57. The fourth-order valence-electron chi connectivity index (χ4n) is 6.79. The SMILES string of the molecule is CCCCCC(B(C(C=C(C)C)C(C)C)C(C=C(C)C)C(C)C)C12C=CC(CC1)C2. The van der Waals surface area contributed by atoms with Gasteiger partial charge in [-0.15, -0.1) is 0 Å². The Hall–Kier alpha value is -0.715. The largest absolute Gasteiger partial charge is 0.159 e. The second kappa shape index (κ2) is 11.2. The Morgan fingerprint density at radius 1 is 0.967 bits per heavy atom. The molecule has 0 N–H and O–H groups in total. The highest BCUT2D eigenvalue weighted by Gasteiger charge is 2.52. The third-order valence-corrected chi connectivity index (χ3v) is 8.12. The van der Waals surface area contributed by atoms with E-state index in [1.165, 1.54) is 56.1 Å². The van der Waals surface area contributed by atoms with E-state index in [4.69, 9.17) is 0 Å². The van der Waals surface area contributed by atoms with Crippen LogP contribution in [-0.2, 0) is 0 Å². The smallest absolute Gasteiger partial charge is 0.0897 e. The molecule has 0 aromatic heterocycles. The Balaban J connectivity index is 2.59. The zero-order valence-corrected chi connectivity index (χ0v) is 21.8. The quantitative estimate of drug-likeness (QED) is 0.171. The number of unbranched alkanes of at least 4 members (excludes halogenated alkanes) is 2. The topological polar surface area (TPSA) is 0 Å². The van der Waals surface area contributed by atoms with E-state index in [0.717, 1.165) is 18.4 Å². The van der Waals surface area contributed by atoms with E-state index in [1.54, 1.807) is 0 Å². The van der Waals surface area contributed by atoms with Gasteiger partial charge in [0.15, 0.2) is 6.71 Å². The van der Waals surface area contributed by atoms with E-state index in [9.17, 15) is 0 Å². The first-order chi connectivity index (χ1) is 14.1. The van der Waals surface area contributed by atoms with Crippen molar-refractivity contribution in [1.82, 2.24) is 0 Å².